The summed E-state index contributed by atoms with van der Waals surface area (Å²) in [6, 6.07) is 14.0. The molecule has 1 amide bonds. The molecule has 0 spiro atoms. The average Bonchev–Trinajstić information content (AvgIpc) is 3.32. The zero-order valence-electron chi connectivity index (χ0n) is 16.1. The number of esters is 1. The molecule has 0 N–H and O–H groups in total. The number of thioether (sulfide) groups is 1. The quantitative estimate of drug-likeness (QED) is 0.431. The van der Waals surface area contributed by atoms with Crippen molar-refractivity contribution < 1.29 is 23.1 Å². The predicted octanol–water partition coefficient (Wildman–Crippen LogP) is 4.25. The summed E-state index contributed by atoms with van der Waals surface area (Å²) in [5.74, 6) is -1.45. The Morgan fingerprint density at radius 3 is 2.67 bits per heavy atom. The Kier molecular flexibility index (Phi) is 5.72. The minimum Gasteiger partial charge on any atom is -0.457 e. The van der Waals surface area contributed by atoms with Crippen LogP contribution in [0.1, 0.15) is 18.8 Å². The lowest BCUT2D eigenvalue weighted by Crippen LogP contribution is -2.26. The fourth-order valence-corrected chi connectivity index (χ4v) is 3.95. The first-order valence-corrected chi connectivity index (χ1v) is 10.6. The van der Waals surface area contributed by atoms with Gasteiger partial charge in [-0.1, -0.05) is 12.1 Å². The Labute approximate surface area is 175 Å². The number of hydrogen-bond donors (Lipinski definition) is 0. The Morgan fingerprint density at radius 1 is 1.23 bits per heavy atom. The van der Waals surface area contributed by atoms with Crippen LogP contribution in [0.15, 0.2) is 53.4 Å². The van der Waals surface area contributed by atoms with Crippen LogP contribution in [-0.2, 0) is 20.9 Å². The van der Waals surface area contributed by atoms with E-state index in [0.717, 1.165) is 9.46 Å². The van der Waals surface area contributed by atoms with Gasteiger partial charge in [0.1, 0.15) is 6.61 Å². The third kappa shape index (κ3) is 3.89. The molecule has 156 valence electrons. The lowest BCUT2D eigenvalue weighted by atomic mass is 10.1. The van der Waals surface area contributed by atoms with E-state index in [1.54, 1.807) is 34.9 Å². The van der Waals surface area contributed by atoms with Crippen LogP contribution in [0.5, 0.6) is 0 Å². The molecule has 2 aromatic carbocycles. The molecule has 2 heterocycles. The van der Waals surface area contributed by atoms with Gasteiger partial charge in [0.15, 0.2) is 5.82 Å². The molecule has 9 heteroatoms. The van der Waals surface area contributed by atoms with Gasteiger partial charge in [-0.15, -0.1) is 11.8 Å². The summed E-state index contributed by atoms with van der Waals surface area (Å²) >= 11 is 1.60. The van der Waals surface area contributed by atoms with E-state index in [-0.39, 0.29) is 36.8 Å². The molecule has 1 aliphatic heterocycles. The number of nitrogens with zero attached hydrogens (tertiary/aromatic N) is 3. The van der Waals surface area contributed by atoms with Crippen molar-refractivity contribution in [2.45, 2.75) is 24.5 Å². The lowest BCUT2D eigenvalue weighted by molar-refractivity contribution is -0.150. The van der Waals surface area contributed by atoms with Crippen LogP contribution in [0.2, 0.25) is 0 Å². The number of anilines is 1. The Balaban J connectivity index is 1.44. The molecule has 6 nitrogen and oxygen atoms in total. The van der Waals surface area contributed by atoms with Crippen LogP contribution in [0.25, 0.3) is 11.0 Å². The maximum absolute atomic E-state index is 13.5. The van der Waals surface area contributed by atoms with E-state index in [4.69, 9.17) is 4.74 Å². The third-order valence-electron chi connectivity index (χ3n) is 5.05. The number of halogens is 2. The van der Waals surface area contributed by atoms with Crippen molar-refractivity contribution in [1.82, 2.24) is 9.55 Å². The molecule has 1 atom stereocenters. The number of alkyl halides is 2. The van der Waals surface area contributed by atoms with Crippen LogP contribution in [0.4, 0.5) is 14.5 Å². The average molecular weight is 431 g/mol. The second-order valence-electron chi connectivity index (χ2n) is 6.88. The molecule has 1 fully saturated rings. The molecule has 0 saturated carbocycles. The van der Waals surface area contributed by atoms with Crippen LogP contribution >= 0.6 is 11.8 Å². The van der Waals surface area contributed by atoms with E-state index >= 15 is 0 Å². The monoisotopic (exact) mass is 431 g/mol. The standard InChI is InChI=1S/C21H19F2N3O3S/c1-30-15-8-6-14(7-9-15)25-11-13(10-19(25)27)20(28)29-12-18-24-16-4-2-3-5-17(16)26(18)21(22)23/h2-9,13,21H,10-12H2,1H3. The largest absolute Gasteiger partial charge is 0.457 e. The van der Waals surface area contributed by atoms with Gasteiger partial charge in [-0.05, 0) is 42.7 Å². The van der Waals surface area contributed by atoms with E-state index in [9.17, 15) is 18.4 Å². The first-order valence-electron chi connectivity index (χ1n) is 9.33. The third-order valence-corrected chi connectivity index (χ3v) is 5.79. The fraction of sp³-hybridized carbons (Fsp3) is 0.286. The Bertz CT molecular complexity index is 1080. The van der Waals surface area contributed by atoms with Crippen LogP contribution in [0, 0.1) is 5.92 Å². The molecule has 1 aliphatic rings. The van der Waals surface area contributed by atoms with Crippen molar-refractivity contribution in [2.75, 3.05) is 17.7 Å². The minimum absolute atomic E-state index is 0.0222. The van der Waals surface area contributed by atoms with Crippen molar-refractivity contribution in [3.8, 4) is 0 Å². The minimum atomic E-state index is -2.81. The van der Waals surface area contributed by atoms with E-state index in [2.05, 4.69) is 4.98 Å². The number of rotatable bonds is 6. The molecule has 3 aromatic rings. The normalized spacial score (nSPS) is 16.6. The van der Waals surface area contributed by atoms with E-state index in [1.165, 1.54) is 6.07 Å². The molecular weight excluding hydrogens is 412 g/mol. The molecule has 1 saturated heterocycles. The summed E-state index contributed by atoms with van der Waals surface area (Å²) < 4.78 is 33.0. The van der Waals surface area contributed by atoms with Gasteiger partial charge < -0.3 is 9.64 Å². The number of carbonyl (C=O) groups is 2. The molecule has 1 aromatic heterocycles. The highest BCUT2D eigenvalue weighted by atomic mass is 32.2. The first kappa shape index (κ1) is 20.3. The number of benzene rings is 2. The fourth-order valence-electron chi connectivity index (χ4n) is 3.54. The number of para-hydroxylation sites is 2. The lowest BCUT2D eigenvalue weighted by Gasteiger charge is -2.17. The van der Waals surface area contributed by atoms with Gasteiger partial charge in [0.2, 0.25) is 5.91 Å². The molecule has 0 aliphatic carbocycles. The summed E-state index contributed by atoms with van der Waals surface area (Å²) in [7, 11) is 0. The van der Waals surface area contributed by atoms with Gasteiger partial charge in [-0.2, -0.15) is 8.78 Å². The van der Waals surface area contributed by atoms with Gasteiger partial charge in [0, 0.05) is 23.5 Å². The van der Waals surface area contributed by atoms with Crippen LogP contribution < -0.4 is 4.90 Å². The van der Waals surface area contributed by atoms with E-state index < -0.39 is 18.4 Å². The second kappa shape index (κ2) is 8.43. The van der Waals surface area contributed by atoms with Gasteiger partial charge in [0.25, 0.3) is 0 Å². The molecule has 1 unspecified atom stereocenters. The molecular formula is C21H19F2N3O3S. The molecule has 30 heavy (non-hydrogen) atoms. The van der Waals surface area contributed by atoms with Crippen molar-refractivity contribution in [2.24, 2.45) is 5.92 Å². The summed E-state index contributed by atoms with van der Waals surface area (Å²) in [5, 5.41) is 0. The molecule has 4 rings (SSSR count). The number of amides is 1. The SMILES string of the molecule is CSc1ccc(N2CC(C(=O)OCc3nc4ccccc4n3C(F)F)CC2=O)cc1. The number of ether oxygens (including phenoxy) is 1. The summed E-state index contributed by atoms with van der Waals surface area (Å²) in [4.78, 5) is 31.7. The number of fused-ring (bicyclic) bond motifs is 1. The van der Waals surface area contributed by atoms with E-state index in [1.807, 2.05) is 30.5 Å². The van der Waals surface area contributed by atoms with Crippen molar-refractivity contribution in [1.29, 1.82) is 0 Å². The number of hydrogen-bond acceptors (Lipinski definition) is 5. The summed E-state index contributed by atoms with van der Waals surface area (Å²) in [6.45, 7) is -2.99. The van der Waals surface area contributed by atoms with Gasteiger partial charge >= 0.3 is 12.5 Å². The van der Waals surface area contributed by atoms with Crippen molar-refractivity contribution in [3.05, 3.63) is 54.4 Å². The van der Waals surface area contributed by atoms with Crippen LogP contribution in [-0.4, -0.2) is 34.2 Å². The maximum Gasteiger partial charge on any atom is 0.320 e. The topological polar surface area (TPSA) is 64.4 Å². The molecule has 0 bridgehead atoms. The van der Waals surface area contributed by atoms with Crippen molar-refractivity contribution in [3.63, 3.8) is 0 Å². The molecule has 0 radical (unpaired) electrons. The summed E-state index contributed by atoms with van der Waals surface area (Å²) in [5.41, 5.74) is 1.39. The second-order valence-corrected chi connectivity index (χ2v) is 7.76. The maximum atomic E-state index is 13.5. The van der Waals surface area contributed by atoms with Gasteiger partial charge in [-0.25, -0.2) is 4.98 Å². The Hall–Kier alpha value is -2.94. The zero-order chi connectivity index (χ0) is 21.3. The smallest absolute Gasteiger partial charge is 0.320 e. The summed E-state index contributed by atoms with van der Waals surface area (Å²) in [6.07, 6.45) is 1.98. The van der Waals surface area contributed by atoms with Gasteiger partial charge in [0.05, 0.1) is 17.0 Å². The van der Waals surface area contributed by atoms with Crippen molar-refractivity contribution >= 4 is 40.4 Å². The number of imidazole rings is 1. The zero-order valence-corrected chi connectivity index (χ0v) is 16.9. The number of carbonyl (C=O) groups excluding carboxylic acids is 2. The van der Waals surface area contributed by atoms with E-state index in [0.29, 0.717) is 11.2 Å². The highest BCUT2D eigenvalue weighted by molar-refractivity contribution is 7.98. The predicted molar refractivity (Wildman–Crippen MR) is 109 cm³/mol. The first-order chi connectivity index (χ1) is 14.5. The highest BCUT2D eigenvalue weighted by Crippen LogP contribution is 2.28. The van der Waals surface area contributed by atoms with Gasteiger partial charge in [-0.3, -0.25) is 14.2 Å². The number of aromatic nitrogens is 2. The van der Waals surface area contributed by atoms with Crippen LogP contribution in [0.3, 0.4) is 0 Å². The highest BCUT2D eigenvalue weighted by Gasteiger charge is 2.36. The Morgan fingerprint density at radius 2 is 1.97 bits per heavy atom.